The molecule has 16 heavy (non-hydrogen) atoms. The molecule has 5 nitrogen and oxygen atoms in total. The van der Waals surface area contributed by atoms with E-state index in [2.05, 4.69) is 14.1 Å². The number of hydrogen-bond acceptors (Lipinski definition) is 4. The van der Waals surface area contributed by atoms with Gasteiger partial charge in [0, 0.05) is 33.8 Å². The summed E-state index contributed by atoms with van der Waals surface area (Å²) < 4.78 is 16.9. The van der Waals surface area contributed by atoms with Gasteiger partial charge in [-0.05, 0) is 0 Å². The zero-order valence-corrected chi connectivity index (χ0v) is 12.2. The van der Waals surface area contributed by atoms with E-state index in [4.69, 9.17) is 18.4 Å². The van der Waals surface area contributed by atoms with Crippen molar-refractivity contribution in [3.05, 3.63) is 0 Å². The van der Waals surface area contributed by atoms with Gasteiger partial charge in [-0.1, -0.05) is 0 Å². The van der Waals surface area contributed by atoms with E-state index < -0.39 is 8.80 Å². The van der Waals surface area contributed by atoms with Crippen LogP contribution < -0.4 is 0 Å². The normalized spacial score (nSPS) is 13.1. The van der Waals surface area contributed by atoms with Crippen LogP contribution in [0.25, 0.3) is 0 Å². The highest BCUT2D eigenvalue weighted by Gasteiger charge is 2.37. The summed E-state index contributed by atoms with van der Waals surface area (Å²) in [5.41, 5.74) is 0. The molecular formula is C10H26NO4Si+. The van der Waals surface area contributed by atoms with E-state index in [-0.39, 0.29) is 6.61 Å². The lowest BCUT2D eigenvalue weighted by molar-refractivity contribution is -0.890. The molecule has 0 bridgehead atoms. The highest BCUT2D eigenvalue weighted by molar-refractivity contribution is 6.60. The van der Waals surface area contributed by atoms with Gasteiger partial charge < -0.3 is 22.9 Å². The van der Waals surface area contributed by atoms with Crippen LogP contribution in [0, 0.1) is 0 Å². The van der Waals surface area contributed by atoms with E-state index in [1.165, 1.54) is 0 Å². The monoisotopic (exact) mass is 252 g/mol. The summed E-state index contributed by atoms with van der Waals surface area (Å²) in [6.07, 6.45) is 0.967. The van der Waals surface area contributed by atoms with Crippen LogP contribution in [0.4, 0.5) is 0 Å². The van der Waals surface area contributed by atoms with Crippen molar-refractivity contribution in [1.29, 1.82) is 0 Å². The van der Waals surface area contributed by atoms with E-state index in [0.717, 1.165) is 30.0 Å². The SMILES string of the molecule is CO[Si](CCC[N+](C)(C)CCO)(OC)OC. The largest absolute Gasteiger partial charge is 0.500 e. The fourth-order valence-corrected chi connectivity index (χ4v) is 3.37. The van der Waals surface area contributed by atoms with Gasteiger partial charge in [0.1, 0.15) is 6.54 Å². The highest BCUT2D eigenvalue weighted by Crippen LogP contribution is 2.16. The van der Waals surface area contributed by atoms with Crippen LogP contribution in [-0.2, 0) is 13.3 Å². The molecule has 0 radical (unpaired) electrons. The van der Waals surface area contributed by atoms with Gasteiger partial charge in [-0.25, -0.2) is 0 Å². The van der Waals surface area contributed by atoms with E-state index in [9.17, 15) is 0 Å². The molecule has 0 aliphatic heterocycles. The Bertz CT molecular complexity index is 177. The maximum Gasteiger partial charge on any atom is 0.500 e. The smallest absolute Gasteiger partial charge is 0.391 e. The fourth-order valence-electron chi connectivity index (χ4n) is 1.66. The fraction of sp³-hybridized carbons (Fsp3) is 1.00. The minimum absolute atomic E-state index is 0.217. The average Bonchev–Trinajstić information content (AvgIpc) is 2.25. The molecule has 0 amide bonds. The van der Waals surface area contributed by atoms with Crippen molar-refractivity contribution in [1.82, 2.24) is 0 Å². The summed E-state index contributed by atoms with van der Waals surface area (Å²) in [6.45, 7) is 1.96. The zero-order chi connectivity index (χ0) is 12.7. The van der Waals surface area contributed by atoms with Crippen LogP contribution in [0.3, 0.4) is 0 Å². The molecule has 0 spiro atoms. The molecule has 0 aromatic rings. The number of nitrogens with zero attached hydrogens (tertiary/aromatic N) is 1. The second-order valence-corrected chi connectivity index (χ2v) is 7.60. The van der Waals surface area contributed by atoms with Crippen LogP contribution in [0.1, 0.15) is 6.42 Å². The third kappa shape index (κ3) is 5.38. The lowest BCUT2D eigenvalue weighted by Crippen LogP contribution is -2.46. The van der Waals surface area contributed by atoms with Gasteiger partial charge in [-0.15, -0.1) is 0 Å². The Balaban J connectivity index is 4.04. The van der Waals surface area contributed by atoms with Gasteiger partial charge in [-0.2, -0.15) is 0 Å². The van der Waals surface area contributed by atoms with Crippen LogP contribution >= 0.6 is 0 Å². The van der Waals surface area contributed by atoms with Crippen LogP contribution in [0.2, 0.25) is 6.04 Å². The summed E-state index contributed by atoms with van der Waals surface area (Å²) in [6, 6.07) is 0.809. The van der Waals surface area contributed by atoms with Crippen molar-refractivity contribution >= 4 is 8.80 Å². The maximum absolute atomic E-state index is 8.92. The van der Waals surface area contributed by atoms with Crippen LogP contribution in [0.5, 0.6) is 0 Å². The van der Waals surface area contributed by atoms with Crippen LogP contribution in [-0.4, -0.2) is 73.5 Å². The van der Waals surface area contributed by atoms with E-state index in [1.54, 1.807) is 21.3 Å². The third-order valence-corrected chi connectivity index (χ3v) is 5.72. The van der Waals surface area contributed by atoms with Crippen molar-refractivity contribution in [3.63, 3.8) is 0 Å². The molecule has 0 aromatic carbocycles. The molecule has 0 unspecified atom stereocenters. The van der Waals surface area contributed by atoms with E-state index in [0.29, 0.717) is 0 Å². The van der Waals surface area contributed by atoms with Gasteiger partial charge >= 0.3 is 8.80 Å². The van der Waals surface area contributed by atoms with Crippen molar-refractivity contribution in [2.75, 3.05) is 55.1 Å². The second-order valence-electron chi connectivity index (χ2n) is 4.51. The Hall–Kier alpha value is 0.0169. The van der Waals surface area contributed by atoms with Gasteiger partial charge in [0.15, 0.2) is 0 Å². The molecule has 0 saturated carbocycles. The summed E-state index contributed by atoms with van der Waals surface area (Å²) >= 11 is 0. The molecule has 0 saturated heterocycles. The molecule has 6 heteroatoms. The Morgan fingerprint density at radius 2 is 1.50 bits per heavy atom. The number of aliphatic hydroxyl groups is 1. The first-order chi connectivity index (χ1) is 7.45. The molecule has 98 valence electrons. The minimum atomic E-state index is -2.41. The number of quaternary nitrogens is 1. The summed E-state index contributed by atoms with van der Waals surface area (Å²) in [5.74, 6) is 0. The third-order valence-electron chi connectivity index (χ3n) is 2.88. The lowest BCUT2D eigenvalue weighted by Gasteiger charge is -2.30. The van der Waals surface area contributed by atoms with Gasteiger partial charge in [0.2, 0.25) is 0 Å². The first-order valence-corrected chi connectivity index (χ1v) is 7.47. The lowest BCUT2D eigenvalue weighted by atomic mass is 10.4. The molecule has 0 atom stereocenters. The van der Waals surface area contributed by atoms with E-state index in [1.807, 2.05) is 0 Å². The van der Waals surface area contributed by atoms with Crippen molar-refractivity contribution in [2.24, 2.45) is 0 Å². The van der Waals surface area contributed by atoms with Crippen molar-refractivity contribution in [2.45, 2.75) is 12.5 Å². The predicted octanol–water partition coefficient (Wildman–Crippen LogP) is 0.323. The first kappa shape index (κ1) is 16.0. The molecular weight excluding hydrogens is 226 g/mol. The Kier molecular flexibility index (Phi) is 7.37. The standard InChI is InChI=1S/C10H26NO4Si/c1-11(2,8-9-12)7-6-10-16(13-3,14-4)15-5/h12H,6-10H2,1-5H3/q+1. The van der Waals surface area contributed by atoms with E-state index >= 15 is 0 Å². The molecule has 0 rings (SSSR count). The number of aliphatic hydroxyl groups excluding tert-OH is 1. The molecule has 0 aromatic heterocycles. The Morgan fingerprint density at radius 3 is 1.88 bits per heavy atom. The quantitative estimate of drug-likeness (QED) is 0.474. The molecule has 0 aliphatic carbocycles. The molecule has 0 aliphatic rings. The van der Waals surface area contributed by atoms with Gasteiger partial charge in [0.25, 0.3) is 0 Å². The molecule has 0 fully saturated rings. The minimum Gasteiger partial charge on any atom is -0.391 e. The molecule has 0 heterocycles. The number of likely N-dealkylation sites (N-methyl/N-ethyl adjacent to an activating group) is 1. The topological polar surface area (TPSA) is 47.9 Å². The Morgan fingerprint density at radius 1 is 1.00 bits per heavy atom. The molecule has 1 N–H and O–H groups in total. The zero-order valence-electron chi connectivity index (χ0n) is 11.2. The maximum atomic E-state index is 8.92. The predicted molar refractivity (Wildman–Crippen MR) is 65.1 cm³/mol. The van der Waals surface area contributed by atoms with Gasteiger partial charge in [0.05, 0.1) is 27.2 Å². The van der Waals surface area contributed by atoms with Crippen molar-refractivity contribution < 1.29 is 22.9 Å². The summed E-state index contributed by atoms with van der Waals surface area (Å²) in [5, 5.41) is 8.92. The van der Waals surface area contributed by atoms with Crippen LogP contribution in [0.15, 0.2) is 0 Å². The Labute approximate surface area is 99.9 Å². The van der Waals surface area contributed by atoms with Crippen molar-refractivity contribution in [3.8, 4) is 0 Å². The number of rotatable bonds is 9. The number of hydrogen-bond donors (Lipinski definition) is 1. The van der Waals surface area contributed by atoms with Gasteiger partial charge in [-0.3, -0.25) is 0 Å². The average molecular weight is 252 g/mol. The first-order valence-electron chi connectivity index (χ1n) is 5.53. The summed E-state index contributed by atoms with van der Waals surface area (Å²) in [4.78, 5) is 0. The summed E-state index contributed by atoms with van der Waals surface area (Å²) in [7, 11) is 6.69. The second kappa shape index (κ2) is 7.36. The highest BCUT2D eigenvalue weighted by atomic mass is 28.4.